The minimum absolute atomic E-state index is 0.719. The van der Waals surface area contributed by atoms with Gasteiger partial charge in [0.2, 0.25) is 0 Å². The third-order valence-electron chi connectivity index (χ3n) is 2.85. The molecule has 0 radical (unpaired) electrons. The quantitative estimate of drug-likeness (QED) is 0.844. The summed E-state index contributed by atoms with van der Waals surface area (Å²) in [6.07, 6.45) is 2.35. The van der Waals surface area contributed by atoms with E-state index in [-0.39, 0.29) is 0 Å². The molecule has 1 aliphatic rings. The molecule has 1 aliphatic heterocycles. The van der Waals surface area contributed by atoms with Crippen LogP contribution in [0.15, 0.2) is 6.07 Å². The maximum Gasteiger partial charge on any atom is 0.129 e. The van der Waals surface area contributed by atoms with Crippen LogP contribution in [0.5, 0.6) is 0 Å². The van der Waals surface area contributed by atoms with E-state index in [1.807, 2.05) is 19.9 Å². The first-order valence-corrected chi connectivity index (χ1v) is 5.88. The van der Waals surface area contributed by atoms with Gasteiger partial charge in [-0.15, -0.1) is 0 Å². The zero-order valence-electron chi connectivity index (χ0n) is 9.99. The van der Waals surface area contributed by atoms with Crippen LogP contribution in [-0.4, -0.2) is 29.7 Å². The molecule has 16 heavy (non-hydrogen) atoms. The lowest BCUT2D eigenvalue weighted by atomic mass is 10.1. The Morgan fingerprint density at radius 3 is 3.00 bits per heavy atom. The zero-order valence-corrected chi connectivity index (χ0v) is 9.99. The zero-order chi connectivity index (χ0) is 11.4. The molecule has 0 spiro atoms. The van der Waals surface area contributed by atoms with Crippen LogP contribution in [0.2, 0.25) is 0 Å². The van der Waals surface area contributed by atoms with Crippen molar-refractivity contribution in [1.82, 2.24) is 9.97 Å². The van der Waals surface area contributed by atoms with Gasteiger partial charge in [-0.2, -0.15) is 0 Å². The fraction of sp³-hybridized carbons (Fsp3) is 0.667. The predicted molar refractivity (Wildman–Crippen MR) is 63.5 cm³/mol. The van der Waals surface area contributed by atoms with Gasteiger partial charge in [0.15, 0.2) is 0 Å². The summed E-state index contributed by atoms with van der Waals surface area (Å²) >= 11 is 0. The Kier molecular flexibility index (Phi) is 3.72. The maximum atomic E-state index is 5.34. The Bertz CT molecular complexity index is 328. The molecule has 88 valence electrons. The van der Waals surface area contributed by atoms with E-state index in [1.54, 1.807) is 0 Å². The van der Waals surface area contributed by atoms with Gasteiger partial charge in [-0.1, -0.05) is 0 Å². The molecule has 4 heteroatoms. The molecule has 0 aliphatic carbocycles. The van der Waals surface area contributed by atoms with Crippen LogP contribution in [0, 0.1) is 19.8 Å². The second-order valence-corrected chi connectivity index (χ2v) is 4.39. The van der Waals surface area contributed by atoms with Gasteiger partial charge in [-0.3, -0.25) is 0 Å². The number of nitrogens with one attached hydrogen (secondary N) is 1. The molecule has 1 fully saturated rings. The van der Waals surface area contributed by atoms with E-state index in [9.17, 15) is 0 Å². The Morgan fingerprint density at radius 1 is 1.44 bits per heavy atom. The topological polar surface area (TPSA) is 47.0 Å². The van der Waals surface area contributed by atoms with Gasteiger partial charge in [-0.05, 0) is 32.6 Å². The molecule has 1 unspecified atom stereocenters. The summed E-state index contributed by atoms with van der Waals surface area (Å²) in [4.78, 5) is 8.59. The Balaban J connectivity index is 1.80. The van der Waals surface area contributed by atoms with Crippen molar-refractivity contribution in [3.8, 4) is 0 Å². The summed E-state index contributed by atoms with van der Waals surface area (Å²) in [5.41, 5.74) is 1.01. The predicted octanol–water partition coefficient (Wildman–Crippen LogP) is 1.93. The molecule has 0 saturated carbocycles. The van der Waals surface area contributed by atoms with Gasteiger partial charge in [0.1, 0.15) is 11.6 Å². The molecule has 2 rings (SSSR count). The fourth-order valence-corrected chi connectivity index (χ4v) is 2.02. The van der Waals surface area contributed by atoms with Crippen molar-refractivity contribution in [2.24, 2.45) is 5.92 Å². The van der Waals surface area contributed by atoms with E-state index in [0.29, 0.717) is 0 Å². The summed E-state index contributed by atoms with van der Waals surface area (Å²) in [5, 5.41) is 3.35. The van der Waals surface area contributed by atoms with Crippen LogP contribution in [-0.2, 0) is 4.74 Å². The Morgan fingerprint density at radius 2 is 2.31 bits per heavy atom. The standard InChI is InChI=1S/C12H19N3O/c1-9-7-12(15-10(2)14-9)13-5-3-11-4-6-16-8-11/h7,11H,3-6,8H2,1-2H3,(H,13,14,15). The van der Waals surface area contributed by atoms with Crippen molar-refractivity contribution in [1.29, 1.82) is 0 Å². The van der Waals surface area contributed by atoms with Crippen molar-refractivity contribution in [3.05, 3.63) is 17.6 Å². The molecular formula is C12H19N3O. The third-order valence-corrected chi connectivity index (χ3v) is 2.85. The Labute approximate surface area is 96.4 Å². The van der Waals surface area contributed by atoms with E-state index in [1.165, 1.54) is 6.42 Å². The highest BCUT2D eigenvalue weighted by Crippen LogP contribution is 2.16. The first-order chi connectivity index (χ1) is 7.74. The number of nitrogens with zero attached hydrogens (tertiary/aromatic N) is 2. The molecule has 0 bridgehead atoms. The largest absolute Gasteiger partial charge is 0.381 e. The number of aryl methyl sites for hydroxylation is 2. The first kappa shape index (κ1) is 11.3. The third kappa shape index (κ3) is 3.17. The van der Waals surface area contributed by atoms with Gasteiger partial charge in [0, 0.05) is 31.5 Å². The smallest absolute Gasteiger partial charge is 0.129 e. The minimum Gasteiger partial charge on any atom is -0.381 e. The van der Waals surface area contributed by atoms with Crippen LogP contribution >= 0.6 is 0 Å². The molecule has 0 aromatic carbocycles. The van der Waals surface area contributed by atoms with Gasteiger partial charge < -0.3 is 10.1 Å². The molecule has 1 saturated heterocycles. The molecule has 1 N–H and O–H groups in total. The van der Waals surface area contributed by atoms with Crippen molar-refractivity contribution < 1.29 is 4.74 Å². The molecule has 2 heterocycles. The number of rotatable bonds is 4. The number of hydrogen-bond acceptors (Lipinski definition) is 4. The van der Waals surface area contributed by atoms with Crippen molar-refractivity contribution in [2.45, 2.75) is 26.7 Å². The van der Waals surface area contributed by atoms with Crippen LogP contribution in [0.3, 0.4) is 0 Å². The summed E-state index contributed by atoms with van der Waals surface area (Å²) < 4.78 is 5.34. The fourth-order valence-electron chi connectivity index (χ4n) is 2.02. The first-order valence-electron chi connectivity index (χ1n) is 5.88. The van der Waals surface area contributed by atoms with Gasteiger partial charge in [0.05, 0.1) is 0 Å². The number of hydrogen-bond donors (Lipinski definition) is 1. The maximum absolute atomic E-state index is 5.34. The summed E-state index contributed by atoms with van der Waals surface area (Å²) in [6.45, 7) is 6.72. The normalized spacial score (nSPS) is 20.0. The molecule has 0 amide bonds. The SMILES string of the molecule is Cc1cc(NCCC2CCOC2)nc(C)n1. The second kappa shape index (κ2) is 5.25. The Hall–Kier alpha value is -1.16. The van der Waals surface area contributed by atoms with Crippen molar-refractivity contribution in [2.75, 3.05) is 25.1 Å². The van der Waals surface area contributed by atoms with Gasteiger partial charge >= 0.3 is 0 Å². The van der Waals surface area contributed by atoms with Crippen LogP contribution in [0.1, 0.15) is 24.4 Å². The van der Waals surface area contributed by atoms with E-state index in [4.69, 9.17) is 4.74 Å². The van der Waals surface area contributed by atoms with Gasteiger partial charge in [0.25, 0.3) is 0 Å². The lowest BCUT2D eigenvalue weighted by Gasteiger charge is -2.09. The van der Waals surface area contributed by atoms with Crippen molar-refractivity contribution in [3.63, 3.8) is 0 Å². The highest BCUT2D eigenvalue weighted by Gasteiger charge is 2.14. The molecule has 1 aromatic heterocycles. The number of ether oxygens (including phenoxy) is 1. The van der Waals surface area contributed by atoms with Crippen LogP contribution < -0.4 is 5.32 Å². The molecular weight excluding hydrogens is 202 g/mol. The summed E-state index contributed by atoms with van der Waals surface area (Å²) in [6, 6.07) is 1.98. The van der Waals surface area contributed by atoms with Crippen LogP contribution in [0.4, 0.5) is 5.82 Å². The van der Waals surface area contributed by atoms with E-state index in [0.717, 1.165) is 49.4 Å². The van der Waals surface area contributed by atoms with E-state index >= 15 is 0 Å². The van der Waals surface area contributed by atoms with Gasteiger partial charge in [-0.25, -0.2) is 9.97 Å². The lowest BCUT2D eigenvalue weighted by Crippen LogP contribution is -2.10. The monoisotopic (exact) mass is 221 g/mol. The van der Waals surface area contributed by atoms with E-state index in [2.05, 4.69) is 15.3 Å². The van der Waals surface area contributed by atoms with E-state index < -0.39 is 0 Å². The average molecular weight is 221 g/mol. The number of aromatic nitrogens is 2. The lowest BCUT2D eigenvalue weighted by molar-refractivity contribution is 0.185. The molecule has 1 aromatic rings. The summed E-state index contributed by atoms with van der Waals surface area (Å²) in [5.74, 6) is 2.48. The average Bonchev–Trinajstić information content (AvgIpc) is 2.69. The van der Waals surface area contributed by atoms with Crippen LogP contribution in [0.25, 0.3) is 0 Å². The minimum atomic E-state index is 0.719. The second-order valence-electron chi connectivity index (χ2n) is 4.39. The highest BCUT2D eigenvalue weighted by molar-refractivity contribution is 5.35. The summed E-state index contributed by atoms with van der Waals surface area (Å²) in [7, 11) is 0. The molecule has 4 nitrogen and oxygen atoms in total. The number of anilines is 1. The van der Waals surface area contributed by atoms with Crippen molar-refractivity contribution >= 4 is 5.82 Å². The highest BCUT2D eigenvalue weighted by atomic mass is 16.5. The molecule has 1 atom stereocenters.